The van der Waals surface area contributed by atoms with Crippen LogP contribution in [0.1, 0.15) is 82.7 Å². The second kappa shape index (κ2) is 12.8. The molecule has 1 aromatic heterocycles. The molecule has 3 aliphatic rings. The van der Waals surface area contributed by atoms with Crippen LogP contribution < -0.4 is 15.0 Å². The number of likely N-dealkylation sites (tertiary alicyclic amines) is 1. The van der Waals surface area contributed by atoms with Gasteiger partial charge in [-0.15, -0.1) is 0 Å². The molecule has 228 valence electrons. The summed E-state index contributed by atoms with van der Waals surface area (Å²) in [6.45, 7) is 5.14. The van der Waals surface area contributed by atoms with E-state index in [1.807, 2.05) is 22.8 Å². The predicted molar refractivity (Wildman–Crippen MR) is 170 cm³/mol. The van der Waals surface area contributed by atoms with E-state index in [1.54, 1.807) is 24.5 Å². The molecule has 1 atom stereocenters. The standard InChI is InChI=1S/C33H41FN6O2S/c1-3-38(2)43-37-30-12-10-28(34)31(27(30)21-35)42-25-9-11-29-26(19-25)32(41)40(22-36-29)24-13-14-33(20-24)15-17-39(18-16-33)23-7-5-4-6-8-23/h9-12,19,22-24,37H,3-8,13-18,20H2,1-2H3. The Hall–Kier alpha value is -3.13. The largest absolute Gasteiger partial charge is 0.453 e. The Morgan fingerprint density at radius 2 is 1.93 bits per heavy atom. The average Bonchev–Trinajstić information content (AvgIpc) is 3.45. The number of benzene rings is 2. The van der Waals surface area contributed by atoms with Crippen LogP contribution in [0.3, 0.4) is 0 Å². The number of nitrogens with zero attached hydrogens (tertiary/aromatic N) is 5. The highest BCUT2D eigenvalue weighted by Crippen LogP contribution is 2.51. The molecule has 2 aliphatic carbocycles. The Kier molecular flexibility index (Phi) is 8.94. The number of nitrogens with one attached hydrogen (secondary N) is 1. The van der Waals surface area contributed by atoms with E-state index in [0.29, 0.717) is 22.0 Å². The van der Waals surface area contributed by atoms with Gasteiger partial charge in [-0.25, -0.2) is 13.7 Å². The van der Waals surface area contributed by atoms with E-state index < -0.39 is 5.82 Å². The van der Waals surface area contributed by atoms with Gasteiger partial charge in [0.15, 0.2) is 11.6 Å². The zero-order valence-electron chi connectivity index (χ0n) is 25.1. The summed E-state index contributed by atoms with van der Waals surface area (Å²) in [5.74, 6) is -0.536. The van der Waals surface area contributed by atoms with Crippen LogP contribution in [0.4, 0.5) is 10.1 Å². The summed E-state index contributed by atoms with van der Waals surface area (Å²) < 4.78 is 27.7. The molecule has 2 aromatic carbocycles. The molecule has 43 heavy (non-hydrogen) atoms. The van der Waals surface area contributed by atoms with Gasteiger partial charge in [-0.3, -0.25) is 9.36 Å². The molecule has 1 N–H and O–H groups in total. The lowest BCUT2D eigenvalue weighted by atomic mass is 9.76. The first-order valence-electron chi connectivity index (χ1n) is 15.7. The van der Waals surface area contributed by atoms with E-state index in [0.717, 1.165) is 31.8 Å². The van der Waals surface area contributed by atoms with Crippen LogP contribution in [-0.4, -0.2) is 51.5 Å². The number of aromatic nitrogens is 2. The van der Waals surface area contributed by atoms with Crippen LogP contribution in [0.2, 0.25) is 0 Å². The fourth-order valence-electron chi connectivity index (χ4n) is 7.28. The van der Waals surface area contributed by atoms with Gasteiger partial charge in [0, 0.05) is 30.8 Å². The van der Waals surface area contributed by atoms with Gasteiger partial charge in [0.2, 0.25) is 0 Å². The third kappa shape index (κ3) is 6.26. The molecular formula is C33H41FN6O2S. The van der Waals surface area contributed by atoms with Gasteiger partial charge in [0.25, 0.3) is 5.56 Å². The number of hydrogen-bond donors (Lipinski definition) is 1. The highest BCUT2D eigenvalue weighted by molar-refractivity contribution is 7.98. The molecule has 0 bridgehead atoms. The van der Waals surface area contributed by atoms with E-state index in [9.17, 15) is 14.4 Å². The normalized spacial score (nSPS) is 21.0. The van der Waals surface area contributed by atoms with Crippen molar-refractivity contribution in [1.29, 1.82) is 5.26 Å². The first-order chi connectivity index (χ1) is 20.9. The van der Waals surface area contributed by atoms with Crippen molar-refractivity contribution in [2.75, 3.05) is 31.4 Å². The van der Waals surface area contributed by atoms with Crippen molar-refractivity contribution in [3.05, 3.63) is 58.4 Å². The fourth-order valence-corrected chi connectivity index (χ4v) is 7.83. The smallest absolute Gasteiger partial charge is 0.261 e. The first kappa shape index (κ1) is 29.9. The molecular weight excluding hydrogens is 563 g/mol. The third-order valence-electron chi connectivity index (χ3n) is 9.97. The van der Waals surface area contributed by atoms with Gasteiger partial charge in [0.1, 0.15) is 17.4 Å². The molecule has 3 aromatic rings. The number of nitriles is 1. The minimum absolute atomic E-state index is 0.0616. The lowest BCUT2D eigenvalue weighted by molar-refractivity contribution is 0.0594. The summed E-state index contributed by atoms with van der Waals surface area (Å²) in [5, 5.41) is 10.3. The molecule has 8 nitrogen and oxygen atoms in total. The van der Waals surface area contributed by atoms with Crippen molar-refractivity contribution in [1.82, 2.24) is 18.8 Å². The Morgan fingerprint density at radius 1 is 1.14 bits per heavy atom. The van der Waals surface area contributed by atoms with Crippen LogP contribution in [0, 0.1) is 22.6 Å². The highest BCUT2D eigenvalue weighted by atomic mass is 32.2. The van der Waals surface area contributed by atoms with Gasteiger partial charge in [-0.2, -0.15) is 5.26 Å². The number of rotatable bonds is 8. The van der Waals surface area contributed by atoms with Crippen molar-refractivity contribution in [2.24, 2.45) is 5.41 Å². The maximum absolute atomic E-state index is 14.9. The molecule has 2 saturated carbocycles. The minimum atomic E-state index is -0.648. The molecule has 1 unspecified atom stereocenters. The fraction of sp³-hybridized carbons (Fsp3) is 0.545. The van der Waals surface area contributed by atoms with E-state index >= 15 is 0 Å². The minimum Gasteiger partial charge on any atom is -0.453 e. The van der Waals surface area contributed by atoms with Gasteiger partial charge >= 0.3 is 0 Å². The van der Waals surface area contributed by atoms with Gasteiger partial charge < -0.3 is 14.4 Å². The Labute approximate surface area is 257 Å². The third-order valence-corrected chi connectivity index (χ3v) is 10.9. The van der Waals surface area contributed by atoms with Crippen LogP contribution in [0.25, 0.3) is 10.9 Å². The maximum Gasteiger partial charge on any atom is 0.261 e. The number of halogens is 1. The summed E-state index contributed by atoms with van der Waals surface area (Å²) in [6.07, 6.45) is 14.1. The second-order valence-electron chi connectivity index (χ2n) is 12.5. The molecule has 1 spiro atoms. The van der Waals surface area contributed by atoms with Crippen molar-refractivity contribution < 1.29 is 9.13 Å². The van der Waals surface area contributed by atoms with Crippen molar-refractivity contribution in [2.45, 2.75) is 83.2 Å². The van der Waals surface area contributed by atoms with Crippen LogP contribution in [0.5, 0.6) is 11.5 Å². The van der Waals surface area contributed by atoms with Crippen molar-refractivity contribution in [3.63, 3.8) is 0 Å². The van der Waals surface area contributed by atoms with Gasteiger partial charge in [-0.05, 0) is 101 Å². The molecule has 0 amide bonds. The highest BCUT2D eigenvalue weighted by Gasteiger charge is 2.43. The number of piperidine rings is 1. The van der Waals surface area contributed by atoms with Crippen molar-refractivity contribution in [3.8, 4) is 17.6 Å². The van der Waals surface area contributed by atoms with Crippen LogP contribution >= 0.6 is 12.1 Å². The maximum atomic E-state index is 14.9. The first-order valence-corrected chi connectivity index (χ1v) is 16.5. The summed E-state index contributed by atoms with van der Waals surface area (Å²) >= 11 is 1.31. The molecule has 10 heteroatoms. The van der Waals surface area contributed by atoms with E-state index in [2.05, 4.69) is 20.7 Å². The quantitative estimate of drug-likeness (QED) is 0.269. The summed E-state index contributed by atoms with van der Waals surface area (Å²) in [4.78, 5) is 21.1. The molecule has 2 heterocycles. The summed E-state index contributed by atoms with van der Waals surface area (Å²) in [6, 6.07) is 10.8. The van der Waals surface area contributed by atoms with Crippen LogP contribution in [0.15, 0.2) is 41.5 Å². The zero-order chi connectivity index (χ0) is 30.0. The van der Waals surface area contributed by atoms with Crippen molar-refractivity contribution >= 4 is 28.7 Å². The number of hydrogen-bond acceptors (Lipinski definition) is 8. The lowest BCUT2D eigenvalue weighted by Crippen LogP contribution is -2.45. The summed E-state index contributed by atoms with van der Waals surface area (Å²) in [5.41, 5.74) is 1.29. The molecule has 1 saturated heterocycles. The number of fused-ring (bicyclic) bond motifs is 1. The SMILES string of the molecule is CCN(C)SNc1ccc(F)c(Oc2ccc3ncn(C4CCC5(CCN(C6CCCCC6)CC5)C4)c(=O)c3c2)c1C#N. The molecule has 0 radical (unpaired) electrons. The zero-order valence-corrected chi connectivity index (χ0v) is 26.0. The van der Waals surface area contributed by atoms with E-state index in [1.165, 1.54) is 82.3 Å². The van der Waals surface area contributed by atoms with Crippen LogP contribution in [-0.2, 0) is 0 Å². The number of ether oxygens (including phenoxy) is 1. The van der Waals surface area contributed by atoms with E-state index in [4.69, 9.17) is 4.74 Å². The monoisotopic (exact) mass is 604 g/mol. The van der Waals surface area contributed by atoms with E-state index in [-0.39, 0.29) is 28.7 Å². The van der Waals surface area contributed by atoms with Gasteiger partial charge in [0.05, 0.1) is 22.9 Å². The number of anilines is 1. The Balaban J connectivity index is 1.20. The summed E-state index contributed by atoms with van der Waals surface area (Å²) in [7, 11) is 1.91. The molecule has 3 fully saturated rings. The Morgan fingerprint density at radius 3 is 2.67 bits per heavy atom. The average molecular weight is 605 g/mol. The molecule has 1 aliphatic heterocycles. The van der Waals surface area contributed by atoms with Gasteiger partial charge in [-0.1, -0.05) is 26.2 Å². The predicted octanol–water partition coefficient (Wildman–Crippen LogP) is 7.27. The topological polar surface area (TPSA) is 86.4 Å². The Bertz CT molecular complexity index is 1560. The lowest BCUT2D eigenvalue weighted by Gasteiger charge is -2.44. The second-order valence-corrected chi connectivity index (χ2v) is 13.5. The molecule has 6 rings (SSSR count).